The zero-order valence-corrected chi connectivity index (χ0v) is 10.3. The Labute approximate surface area is 102 Å². The molecule has 2 atom stereocenters. The van der Waals surface area contributed by atoms with Crippen LogP contribution in [0.2, 0.25) is 0 Å². The van der Waals surface area contributed by atoms with Gasteiger partial charge in [-0.15, -0.1) is 0 Å². The maximum atomic E-state index is 11.8. The fourth-order valence-electron chi connectivity index (χ4n) is 1.91. The Morgan fingerprint density at radius 3 is 2.94 bits per heavy atom. The predicted octanol–water partition coefficient (Wildman–Crippen LogP) is 1.42. The fraction of sp³-hybridized carbons (Fsp3) is 0.455. The number of aromatic nitrogens is 1. The van der Waals surface area contributed by atoms with Crippen molar-refractivity contribution in [2.45, 2.75) is 30.1 Å². The number of alkyl halides is 1. The lowest BCUT2D eigenvalue weighted by Gasteiger charge is -2.15. The Kier molecular flexibility index (Phi) is 3.43. The number of nitrogens with one attached hydrogen (secondary N) is 2. The second kappa shape index (κ2) is 4.82. The van der Waals surface area contributed by atoms with Gasteiger partial charge >= 0.3 is 0 Å². The summed E-state index contributed by atoms with van der Waals surface area (Å²) in [5.41, 5.74) is 0.157. The average molecular weight is 285 g/mol. The molecule has 2 rings (SSSR count). The fourth-order valence-corrected chi connectivity index (χ4v) is 2.64. The molecule has 1 aliphatic carbocycles. The molecule has 0 radical (unpaired) electrons. The number of carbonyl (C=O) groups excluding carboxylic acids is 1. The molecule has 5 heteroatoms. The van der Waals surface area contributed by atoms with Gasteiger partial charge in [0, 0.05) is 28.7 Å². The summed E-state index contributed by atoms with van der Waals surface area (Å²) in [5, 5.41) is 2.93. The van der Waals surface area contributed by atoms with Crippen molar-refractivity contribution < 1.29 is 4.79 Å². The minimum atomic E-state index is -0.255. The number of halogens is 1. The molecular formula is C11H13BrN2O2. The summed E-state index contributed by atoms with van der Waals surface area (Å²) in [4.78, 5) is 25.7. The second-order valence-corrected chi connectivity index (χ2v) is 5.14. The first kappa shape index (κ1) is 11.4. The molecule has 2 unspecified atom stereocenters. The summed E-state index contributed by atoms with van der Waals surface area (Å²) >= 11 is 3.54. The van der Waals surface area contributed by atoms with Gasteiger partial charge in [0.2, 0.25) is 5.56 Å². The molecule has 0 bridgehead atoms. The zero-order chi connectivity index (χ0) is 11.5. The van der Waals surface area contributed by atoms with Crippen LogP contribution in [0.25, 0.3) is 0 Å². The van der Waals surface area contributed by atoms with E-state index in [4.69, 9.17) is 0 Å². The first-order valence-electron chi connectivity index (χ1n) is 5.30. The van der Waals surface area contributed by atoms with Gasteiger partial charge in [-0.2, -0.15) is 0 Å². The van der Waals surface area contributed by atoms with Crippen LogP contribution in [0.4, 0.5) is 0 Å². The van der Waals surface area contributed by atoms with Gasteiger partial charge in [-0.05, 0) is 18.9 Å². The highest BCUT2D eigenvalue weighted by Crippen LogP contribution is 2.25. The smallest absolute Gasteiger partial charge is 0.251 e. The summed E-state index contributed by atoms with van der Waals surface area (Å²) in [5.74, 6) is -0.178. The van der Waals surface area contributed by atoms with E-state index in [-0.39, 0.29) is 17.5 Å². The van der Waals surface area contributed by atoms with Gasteiger partial charge in [-0.25, -0.2) is 0 Å². The number of carbonyl (C=O) groups is 1. The summed E-state index contributed by atoms with van der Waals surface area (Å²) in [6.07, 6.45) is 4.68. The molecule has 1 aliphatic rings. The molecule has 0 spiro atoms. The van der Waals surface area contributed by atoms with E-state index < -0.39 is 0 Å². The van der Waals surface area contributed by atoms with E-state index in [0.29, 0.717) is 10.4 Å². The van der Waals surface area contributed by atoms with Crippen LogP contribution in [-0.4, -0.2) is 21.8 Å². The van der Waals surface area contributed by atoms with Gasteiger partial charge in [0.25, 0.3) is 5.91 Å². The summed E-state index contributed by atoms with van der Waals surface area (Å²) < 4.78 is 0. The number of hydrogen-bond donors (Lipinski definition) is 2. The number of aromatic amines is 1. The van der Waals surface area contributed by atoms with Crippen molar-refractivity contribution in [3.8, 4) is 0 Å². The molecule has 0 aliphatic heterocycles. The highest BCUT2D eigenvalue weighted by Gasteiger charge is 2.26. The average Bonchev–Trinajstić information content (AvgIpc) is 2.64. The Bertz CT molecular complexity index is 444. The number of amides is 1. The van der Waals surface area contributed by atoms with Gasteiger partial charge in [-0.1, -0.05) is 22.4 Å². The summed E-state index contributed by atoms with van der Waals surface area (Å²) in [6.45, 7) is 0. The minimum Gasteiger partial charge on any atom is -0.348 e. The van der Waals surface area contributed by atoms with Crippen molar-refractivity contribution in [2.24, 2.45) is 0 Å². The van der Waals surface area contributed by atoms with E-state index in [9.17, 15) is 9.59 Å². The first-order valence-corrected chi connectivity index (χ1v) is 6.22. The summed E-state index contributed by atoms with van der Waals surface area (Å²) in [6, 6.07) is 3.09. The monoisotopic (exact) mass is 284 g/mol. The van der Waals surface area contributed by atoms with Crippen LogP contribution in [-0.2, 0) is 0 Å². The second-order valence-electron chi connectivity index (χ2n) is 3.97. The SMILES string of the molecule is O=C(NC1CCCC1Br)c1cc[nH]c(=O)c1. The quantitative estimate of drug-likeness (QED) is 0.807. The van der Waals surface area contributed by atoms with Gasteiger partial charge in [0.05, 0.1) is 0 Å². The largest absolute Gasteiger partial charge is 0.348 e. The molecule has 1 aromatic rings. The molecule has 0 saturated heterocycles. The van der Waals surface area contributed by atoms with Gasteiger partial charge < -0.3 is 10.3 Å². The van der Waals surface area contributed by atoms with E-state index in [2.05, 4.69) is 26.2 Å². The van der Waals surface area contributed by atoms with Crippen molar-refractivity contribution in [1.29, 1.82) is 0 Å². The third kappa shape index (κ3) is 2.52. The van der Waals surface area contributed by atoms with Crippen LogP contribution in [0, 0.1) is 0 Å². The molecule has 1 fully saturated rings. The Hall–Kier alpha value is -1.10. The molecule has 1 heterocycles. The zero-order valence-electron chi connectivity index (χ0n) is 8.70. The molecule has 86 valence electrons. The predicted molar refractivity (Wildman–Crippen MR) is 64.9 cm³/mol. The minimum absolute atomic E-state index is 0.173. The van der Waals surface area contributed by atoms with E-state index in [1.165, 1.54) is 12.3 Å². The molecule has 16 heavy (non-hydrogen) atoms. The standard InChI is InChI=1S/C11H13BrN2O2/c12-8-2-1-3-9(8)14-11(16)7-4-5-13-10(15)6-7/h4-6,8-9H,1-3H2,(H,13,15)(H,14,16). The van der Waals surface area contributed by atoms with Crippen molar-refractivity contribution in [3.63, 3.8) is 0 Å². The number of pyridine rings is 1. The maximum absolute atomic E-state index is 11.8. The normalized spacial score (nSPS) is 24.3. The molecule has 1 amide bonds. The Morgan fingerprint density at radius 2 is 2.31 bits per heavy atom. The summed E-state index contributed by atoms with van der Waals surface area (Å²) in [7, 11) is 0. The Morgan fingerprint density at radius 1 is 1.50 bits per heavy atom. The third-order valence-electron chi connectivity index (χ3n) is 2.79. The molecule has 0 aromatic carbocycles. The van der Waals surface area contributed by atoms with Crippen LogP contribution < -0.4 is 10.9 Å². The molecular weight excluding hydrogens is 272 g/mol. The van der Waals surface area contributed by atoms with Crippen LogP contribution in [0.15, 0.2) is 23.1 Å². The molecule has 1 aromatic heterocycles. The lowest BCUT2D eigenvalue weighted by atomic mass is 10.2. The molecule has 4 nitrogen and oxygen atoms in total. The van der Waals surface area contributed by atoms with Gasteiger partial charge in [-0.3, -0.25) is 9.59 Å². The lowest BCUT2D eigenvalue weighted by Crippen LogP contribution is -2.38. The van der Waals surface area contributed by atoms with E-state index in [1.807, 2.05) is 0 Å². The van der Waals surface area contributed by atoms with Crippen LogP contribution in [0.5, 0.6) is 0 Å². The van der Waals surface area contributed by atoms with E-state index >= 15 is 0 Å². The van der Waals surface area contributed by atoms with Crippen LogP contribution in [0.3, 0.4) is 0 Å². The Balaban J connectivity index is 2.05. The van der Waals surface area contributed by atoms with Crippen molar-refractivity contribution in [2.75, 3.05) is 0 Å². The number of hydrogen-bond acceptors (Lipinski definition) is 2. The van der Waals surface area contributed by atoms with Crippen molar-refractivity contribution >= 4 is 21.8 Å². The highest BCUT2D eigenvalue weighted by molar-refractivity contribution is 9.09. The van der Waals surface area contributed by atoms with Crippen LogP contribution >= 0.6 is 15.9 Å². The van der Waals surface area contributed by atoms with Crippen LogP contribution in [0.1, 0.15) is 29.6 Å². The van der Waals surface area contributed by atoms with Crippen molar-refractivity contribution in [3.05, 3.63) is 34.2 Å². The highest BCUT2D eigenvalue weighted by atomic mass is 79.9. The van der Waals surface area contributed by atoms with E-state index in [1.54, 1.807) is 6.07 Å². The lowest BCUT2D eigenvalue weighted by molar-refractivity contribution is 0.0938. The van der Waals surface area contributed by atoms with Gasteiger partial charge in [0.15, 0.2) is 0 Å². The molecule has 2 N–H and O–H groups in total. The molecule has 1 saturated carbocycles. The first-order chi connectivity index (χ1) is 7.66. The van der Waals surface area contributed by atoms with Crippen molar-refractivity contribution in [1.82, 2.24) is 10.3 Å². The topological polar surface area (TPSA) is 62.0 Å². The maximum Gasteiger partial charge on any atom is 0.251 e. The van der Waals surface area contributed by atoms with E-state index in [0.717, 1.165) is 19.3 Å². The third-order valence-corrected chi connectivity index (χ3v) is 3.88. The van der Waals surface area contributed by atoms with Gasteiger partial charge in [0.1, 0.15) is 0 Å². The number of rotatable bonds is 2. The number of H-pyrrole nitrogens is 1.